The van der Waals surface area contributed by atoms with Crippen molar-refractivity contribution in [2.75, 3.05) is 0 Å². The van der Waals surface area contributed by atoms with Crippen molar-refractivity contribution in [1.29, 1.82) is 0 Å². The van der Waals surface area contributed by atoms with Gasteiger partial charge in [-0.25, -0.2) is 0 Å². The summed E-state index contributed by atoms with van der Waals surface area (Å²) in [6.07, 6.45) is 19.2. The second kappa shape index (κ2) is 4.64. The Hall–Kier alpha value is -0.520. The molecule has 0 spiro atoms. The van der Waals surface area contributed by atoms with Crippen LogP contribution in [0.25, 0.3) is 0 Å². The highest BCUT2D eigenvalue weighted by atomic mass is 14.2. The highest BCUT2D eigenvalue weighted by Crippen LogP contribution is 2.30. The zero-order chi connectivity index (χ0) is 8.93. The molecule has 0 aromatic carbocycles. The van der Waals surface area contributed by atoms with Gasteiger partial charge in [0.2, 0.25) is 0 Å². The topological polar surface area (TPSA) is 0 Å². The van der Waals surface area contributed by atoms with Crippen LogP contribution in [0.5, 0.6) is 0 Å². The first kappa shape index (κ1) is 9.05. The summed E-state index contributed by atoms with van der Waals surface area (Å²) in [5, 5.41) is 0. The molecule has 2 unspecified atom stereocenters. The van der Waals surface area contributed by atoms with Crippen LogP contribution in [0, 0.1) is 11.8 Å². The molecule has 2 rings (SSSR count). The summed E-state index contributed by atoms with van der Waals surface area (Å²) in [4.78, 5) is 0. The third kappa shape index (κ3) is 2.72. The predicted octanol–water partition coefficient (Wildman–Crippen LogP) is 4.09. The minimum Gasteiger partial charge on any atom is -0.0885 e. The van der Waals surface area contributed by atoms with Gasteiger partial charge in [-0.05, 0) is 56.8 Å². The SMILES string of the molecule is C1=C\CC2CC/C=C\CC(CC/1)C2. The van der Waals surface area contributed by atoms with Crippen LogP contribution in [0.15, 0.2) is 24.3 Å². The lowest BCUT2D eigenvalue weighted by atomic mass is 9.81. The Labute approximate surface area is 81.7 Å². The van der Waals surface area contributed by atoms with E-state index in [9.17, 15) is 0 Å². The fraction of sp³-hybridized carbons (Fsp3) is 0.692. The van der Waals surface area contributed by atoms with Crippen molar-refractivity contribution in [3.05, 3.63) is 24.3 Å². The maximum atomic E-state index is 2.41. The molecule has 2 aliphatic rings. The summed E-state index contributed by atoms with van der Waals surface area (Å²) in [6, 6.07) is 0. The Morgan fingerprint density at radius 2 is 1.23 bits per heavy atom. The molecule has 0 amide bonds. The van der Waals surface area contributed by atoms with Crippen molar-refractivity contribution < 1.29 is 0 Å². The third-order valence-electron chi connectivity index (χ3n) is 3.42. The third-order valence-corrected chi connectivity index (χ3v) is 3.42. The molecule has 0 fully saturated rings. The van der Waals surface area contributed by atoms with Crippen LogP contribution in [0.1, 0.15) is 44.9 Å². The van der Waals surface area contributed by atoms with Gasteiger partial charge in [-0.3, -0.25) is 0 Å². The molecule has 0 saturated heterocycles. The fourth-order valence-electron chi connectivity index (χ4n) is 2.61. The van der Waals surface area contributed by atoms with Crippen LogP contribution < -0.4 is 0 Å². The van der Waals surface area contributed by atoms with Gasteiger partial charge in [0.25, 0.3) is 0 Å². The van der Waals surface area contributed by atoms with E-state index in [-0.39, 0.29) is 0 Å². The van der Waals surface area contributed by atoms with Crippen LogP contribution >= 0.6 is 0 Å². The Bertz CT molecular complexity index is 178. The molecule has 0 nitrogen and oxygen atoms in total. The van der Waals surface area contributed by atoms with Crippen LogP contribution in [-0.4, -0.2) is 0 Å². The smallest absolute Gasteiger partial charge is 0.0322 e. The van der Waals surface area contributed by atoms with Crippen molar-refractivity contribution in [2.45, 2.75) is 44.9 Å². The van der Waals surface area contributed by atoms with E-state index in [0.717, 1.165) is 11.8 Å². The molecular formula is C13H20. The molecule has 0 N–H and O–H groups in total. The first-order chi connectivity index (χ1) is 6.45. The molecule has 2 atom stereocenters. The van der Waals surface area contributed by atoms with E-state index in [4.69, 9.17) is 0 Å². The molecule has 0 heteroatoms. The predicted molar refractivity (Wildman–Crippen MR) is 57.6 cm³/mol. The largest absolute Gasteiger partial charge is 0.0885 e. The lowest BCUT2D eigenvalue weighted by molar-refractivity contribution is 0.331. The van der Waals surface area contributed by atoms with E-state index >= 15 is 0 Å². The quantitative estimate of drug-likeness (QED) is 0.488. The van der Waals surface area contributed by atoms with E-state index < -0.39 is 0 Å². The van der Waals surface area contributed by atoms with Gasteiger partial charge in [0.15, 0.2) is 0 Å². The molecule has 0 aromatic heterocycles. The van der Waals surface area contributed by atoms with Crippen molar-refractivity contribution >= 4 is 0 Å². The first-order valence-electron chi connectivity index (χ1n) is 5.75. The molecule has 0 aromatic rings. The molecule has 13 heavy (non-hydrogen) atoms. The summed E-state index contributed by atoms with van der Waals surface area (Å²) in [6.45, 7) is 0. The fourth-order valence-corrected chi connectivity index (χ4v) is 2.61. The summed E-state index contributed by atoms with van der Waals surface area (Å²) >= 11 is 0. The first-order valence-corrected chi connectivity index (χ1v) is 5.75. The molecular weight excluding hydrogens is 156 g/mol. The highest BCUT2D eigenvalue weighted by Gasteiger charge is 2.16. The van der Waals surface area contributed by atoms with Gasteiger partial charge in [-0.2, -0.15) is 0 Å². The molecule has 2 bridgehead atoms. The Morgan fingerprint density at radius 3 is 1.77 bits per heavy atom. The number of rotatable bonds is 0. The summed E-state index contributed by atoms with van der Waals surface area (Å²) < 4.78 is 0. The van der Waals surface area contributed by atoms with Gasteiger partial charge >= 0.3 is 0 Å². The van der Waals surface area contributed by atoms with Crippen molar-refractivity contribution in [2.24, 2.45) is 11.8 Å². The number of hydrogen-bond donors (Lipinski definition) is 0. The molecule has 0 heterocycles. The number of fused-ring (bicyclic) bond motifs is 2. The monoisotopic (exact) mass is 176 g/mol. The Balaban J connectivity index is 2.02. The minimum absolute atomic E-state index is 0.978. The van der Waals surface area contributed by atoms with Gasteiger partial charge in [-0.15, -0.1) is 0 Å². The maximum Gasteiger partial charge on any atom is -0.0322 e. The number of allylic oxidation sites excluding steroid dienone is 4. The van der Waals surface area contributed by atoms with E-state index in [2.05, 4.69) is 24.3 Å². The summed E-state index contributed by atoms with van der Waals surface area (Å²) in [5.41, 5.74) is 0. The molecule has 72 valence electrons. The molecule has 0 radical (unpaired) electrons. The van der Waals surface area contributed by atoms with E-state index in [1.165, 1.54) is 44.9 Å². The van der Waals surface area contributed by atoms with E-state index in [0.29, 0.717) is 0 Å². The van der Waals surface area contributed by atoms with Gasteiger partial charge in [-0.1, -0.05) is 24.3 Å². The second-order valence-corrected chi connectivity index (χ2v) is 4.54. The molecule has 0 aliphatic heterocycles. The lowest BCUT2D eigenvalue weighted by Gasteiger charge is -2.24. The lowest BCUT2D eigenvalue weighted by Crippen LogP contribution is -2.11. The average molecular weight is 176 g/mol. The normalized spacial score (nSPS) is 39.4. The van der Waals surface area contributed by atoms with Gasteiger partial charge < -0.3 is 0 Å². The van der Waals surface area contributed by atoms with Crippen molar-refractivity contribution in [1.82, 2.24) is 0 Å². The van der Waals surface area contributed by atoms with E-state index in [1.54, 1.807) is 0 Å². The van der Waals surface area contributed by atoms with Gasteiger partial charge in [0.1, 0.15) is 0 Å². The van der Waals surface area contributed by atoms with Crippen LogP contribution in [0.4, 0.5) is 0 Å². The van der Waals surface area contributed by atoms with Gasteiger partial charge in [0, 0.05) is 0 Å². The highest BCUT2D eigenvalue weighted by molar-refractivity contribution is 4.94. The Kier molecular flexibility index (Phi) is 3.23. The van der Waals surface area contributed by atoms with Crippen molar-refractivity contribution in [3.8, 4) is 0 Å². The zero-order valence-electron chi connectivity index (χ0n) is 8.41. The van der Waals surface area contributed by atoms with E-state index in [1.807, 2.05) is 0 Å². The Morgan fingerprint density at radius 1 is 0.692 bits per heavy atom. The second-order valence-electron chi connectivity index (χ2n) is 4.54. The minimum atomic E-state index is 0.978. The standard InChI is InChI=1S/C13H20/c1-3-7-12-9-5-2-6-10-13(11-12)8-4-1/h1-3,6,12-13H,4-5,7-11H2/b3-1-,6-2-. The van der Waals surface area contributed by atoms with Crippen LogP contribution in [0.2, 0.25) is 0 Å². The molecule has 2 aliphatic carbocycles. The zero-order valence-corrected chi connectivity index (χ0v) is 8.41. The summed E-state index contributed by atoms with van der Waals surface area (Å²) in [7, 11) is 0. The molecule has 0 saturated carbocycles. The summed E-state index contributed by atoms with van der Waals surface area (Å²) in [5.74, 6) is 1.96. The van der Waals surface area contributed by atoms with Crippen LogP contribution in [-0.2, 0) is 0 Å². The van der Waals surface area contributed by atoms with Gasteiger partial charge in [0.05, 0.1) is 0 Å². The van der Waals surface area contributed by atoms with Crippen molar-refractivity contribution in [3.63, 3.8) is 0 Å². The van der Waals surface area contributed by atoms with Crippen LogP contribution in [0.3, 0.4) is 0 Å². The maximum absolute atomic E-state index is 2.41. The number of hydrogen-bond acceptors (Lipinski definition) is 0. The average Bonchev–Trinajstić information content (AvgIpc) is 2.00.